The molecule has 1 fully saturated rings. The Morgan fingerprint density at radius 3 is 2.52 bits per heavy atom. The van der Waals surface area contributed by atoms with Crippen molar-refractivity contribution in [3.8, 4) is 0 Å². The molecule has 0 aromatic heterocycles. The van der Waals surface area contributed by atoms with Gasteiger partial charge in [0.1, 0.15) is 5.60 Å². The van der Waals surface area contributed by atoms with E-state index in [-0.39, 0.29) is 23.1 Å². The van der Waals surface area contributed by atoms with Crippen LogP contribution in [-0.4, -0.2) is 29.6 Å². The van der Waals surface area contributed by atoms with E-state index in [1.165, 1.54) is 12.7 Å². The van der Waals surface area contributed by atoms with Gasteiger partial charge in [0.25, 0.3) is 0 Å². The summed E-state index contributed by atoms with van der Waals surface area (Å²) in [5, 5.41) is 11.1. The number of carbonyl (C=O) groups excluding carboxylic acids is 2. The van der Waals surface area contributed by atoms with E-state index in [1.54, 1.807) is 0 Å². The maximum absolute atomic E-state index is 12.4. The van der Waals surface area contributed by atoms with Gasteiger partial charge in [-0.2, -0.15) is 0 Å². The van der Waals surface area contributed by atoms with Crippen LogP contribution in [0.25, 0.3) is 0 Å². The van der Waals surface area contributed by atoms with Gasteiger partial charge < -0.3 is 9.84 Å². The van der Waals surface area contributed by atoms with Gasteiger partial charge in [-0.15, -0.1) is 0 Å². The summed E-state index contributed by atoms with van der Waals surface area (Å²) in [6, 6.07) is 8.30. The third kappa shape index (κ3) is 5.29. The number of hydrogen-bond donors (Lipinski definition) is 1. The lowest BCUT2D eigenvalue weighted by atomic mass is 9.80. The summed E-state index contributed by atoms with van der Waals surface area (Å²) in [5.41, 5.74) is 1.01. The van der Waals surface area contributed by atoms with Crippen LogP contribution in [0.1, 0.15) is 76.3 Å². The van der Waals surface area contributed by atoms with Gasteiger partial charge in [0.2, 0.25) is 0 Å². The fourth-order valence-electron chi connectivity index (χ4n) is 3.69. The predicted octanol–water partition coefficient (Wildman–Crippen LogP) is 4.45. The largest absolute Gasteiger partial charge is 0.469 e. The van der Waals surface area contributed by atoms with Crippen molar-refractivity contribution in [2.75, 3.05) is 7.11 Å². The first-order valence-corrected chi connectivity index (χ1v) is 9.76. The van der Waals surface area contributed by atoms with Gasteiger partial charge in [-0.25, -0.2) is 0 Å². The van der Waals surface area contributed by atoms with E-state index in [2.05, 4.69) is 49.8 Å². The number of hydrogen-bond acceptors (Lipinski definition) is 4. The van der Waals surface area contributed by atoms with Gasteiger partial charge in [-0.05, 0) is 35.8 Å². The highest BCUT2D eigenvalue weighted by Crippen LogP contribution is 2.43. The molecule has 148 valence electrons. The molecule has 27 heavy (non-hydrogen) atoms. The van der Waals surface area contributed by atoms with Crippen molar-refractivity contribution in [3.63, 3.8) is 0 Å². The van der Waals surface area contributed by atoms with Crippen LogP contribution in [0.15, 0.2) is 36.4 Å². The molecule has 1 N–H and O–H groups in total. The highest BCUT2D eigenvalue weighted by molar-refractivity contribution is 5.91. The average Bonchev–Trinajstić information content (AvgIpc) is 2.92. The standard InChI is InChI=1S/C23H32O4/c1-22(2,3)18-12-10-17(11-13-18)19-14-15-20(24)23(19,26)16-8-6-5-7-9-21(25)27-4/h6,8,10-13,19,26H,5,7,9,14-16H2,1-4H3/b8-6-/t19-,23+/m0/s1. The Hall–Kier alpha value is -1.94. The maximum atomic E-state index is 12.4. The topological polar surface area (TPSA) is 63.6 Å². The molecule has 1 aliphatic rings. The van der Waals surface area contributed by atoms with Gasteiger partial charge in [-0.3, -0.25) is 9.59 Å². The lowest BCUT2D eigenvalue weighted by molar-refractivity contribution is -0.140. The van der Waals surface area contributed by atoms with Crippen LogP contribution in [0.3, 0.4) is 0 Å². The summed E-state index contributed by atoms with van der Waals surface area (Å²) in [7, 11) is 1.38. The van der Waals surface area contributed by atoms with Gasteiger partial charge in [0.15, 0.2) is 5.78 Å². The molecule has 0 radical (unpaired) electrons. The number of allylic oxidation sites excluding steroid dienone is 1. The van der Waals surface area contributed by atoms with E-state index in [9.17, 15) is 14.7 Å². The highest BCUT2D eigenvalue weighted by Gasteiger charge is 2.48. The molecule has 1 aromatic rings. The van der Waals surface area contributed by atoms with Crippen molar-refractivity contribution >= 4 is 11.8 Å². The first kappa shape index (κ1) is 21.4. The Kier molecular flexibility index (Phi) is 6.99. The van der Waals surface area contributed by atoms with Gasteiger partial charge >= 0.3 is 5.97 Å². The molecule has 1 saturated carbocycles. The number of rotatable bonds is 7. The van der Waals surface area contributed by atoms with Crippen molar-refractivity contribution in [1.82, 2.24) is 0 Å². The van der Waals surface area contributed by atoms with Gasteiger partial charge in [0, 0.05) is 25.2 Å². The number of ether oxygens (including phenoxy) is 1. The molecule has 4 heteroatoms. The fourth-order valence-corrected chi connectivity index (χ4v) is 3.69. The molecule has 1 aromatic carbocycles. The summed E-state index contributed by atoms with van der Waals surface area (Å²) < 4.78 is 4.61. The third-order valence-electron chi connectivity index (χ3n) is 5.47. The maximum Gasteiger partial charge on any atom is 0.305 e. The Morgan fingerprint density at radius 2 is 1.93 bits per heavy atom. The fraction of sp³-hybridized carbons (Fsp3) is 0.565. The van der Waals surface area contributed by atoms with E-state index in [4.69, 9.17) is 0 Å². The molecule has 0 bridgehead atoms. The number of ketones is 1. The summed E-state index contributed by atoms with van der Waals surface area (Å²) in [5.74, 6) is -0.461. The molecule has 0 spiro atoms. The van der Waals surface area contributed by atoms with Crippen LogP contribution >= 0.6 is 0 Å². The Labute approximate surface area is 162 Å². The highest BCUT2D eigenvalue weighted by atomic mass is 16.5. The molecule has 2 rings (SSSR count). The second-order valence-electron chi connectivity index (χ2n) is 8.45. The first-order valence-electron chi connectivity index (χ1n) is 9.76. The van der Waals surface area contributed by atoms with Crippen LogP contribution in [0.2, 0.25) is 0 Å². The van der Waals surface area contributed by atoms with Crippen molar-refractivity contribution in [2.24, 2.45) is 0 Å². The third-order valence-corrected chi connectivity index (χ3v) is 5.47. The van der Waals surface area contributed by atoms with Crippen LogP contribution in [0, 0.1) is 0 Å². The summed E-state index contributed by atoms with van der Waals surface area (Å²) in [4.78, 5) is 23.5. The SMILES string of the molecule is COC(=O)CCC/C=C\C[C@]1(O)C(=O)CC[C@H]1c1ccc(C(C)(C)C)cc1. The number of methoxy groups -OCH3 is 1. The van der Waals surface area contributed by atoms with Crippen LogP contribution in [0.4, 0.5) is 0 Å². The smallest absolute Gasteiger partial charge is 0.305 e. The molecule has 0 aliphatic heterocycles. The minimum Gasteiger partial charge on any atom is -0.469 e. The van der Waals surface area contributed by atoms with Crippen molar-refractivity contribution in [3.05, 3.63) is 47.5 Å². The average molecular weight is 373 g/mol. The summed E-state index contributed by atoms with van der Waals surface area (Å²) >= 11 is 0. The minimum atomic E-state index is -1.33. The number of carbonyl (C=O) groups is 2. The molecule has 0 saturated heterocycles. The minimum absolute atomic E-state index is 0.0767. The second-order valence-corrected chi connectivity index (χ2v) is 8.45. The summed E-state index contributed by atoms with van der Waals surface area (Å²) in [6.45, 7) is 6.51. The second kappa shape index (κ2) is 8.83. The Bertz CT molecular complexity index is 681. The van der Waals surface area contributed by atoms with E-state index >= 15 is 0 Å². The molecule has 0 amide bonds. The number of esters is 1. The number of benzene rings is 1. The molecule has 4 nitrogen and oxygen atoms in total. The molecular weight excluding hydrogens is 340 g/mol. The van der Waals surface area contributed by atoms with Crippen LogP contribution in [0.5, 0.6) is 0 Å². The Balaban J connectivity index is 2.02. The van der Waals surface area contributed by atoms with E-state index in [0.29, 0.717) is 32.1 Å². The molecular formula is C23H32O4. The molecule has 0 unspecified atom stereocenters. The summed E-state index contributed by atoms with van der Waals surface area (Å²) in [6.07, 6.45) is 7.03. The quantitative estimate of drug-likeness (QED) is 0.436. The zero-order valence-corrected chi connectivity index (χ0v) is 17.0. The predicted molar refractivity (Wildman–Crippen MR) is 107 cm³/mol. The van der Waals surface area contributed by atoms with E-state index in [0.717, 1.165) is 12.0 Å². The molecule has 1 aliphatic carbocycles. The van der Waals surface area contributed by atoms with E-state index in [1.807, 2.05) is 12.2 Å². The lowest BCUT2D eigenvalue weighted by Gasteiger charge is -2.28. The zero-order chi connectivity index (χ0) is 20.1. The number of Topliss-reactive ketones (excluding diaryl/α,β-unsaturated/α-hetero) is 1. The Morgan fingerprint density at radius 1 is 1.26 bits per heavy atom. The zero-order valence-electron chi connectivity index (χ0n) is 17.0. The lowest BCUT2D eigenvalue weighted by Crippen LogP contribution is -2.38. The van der Waals surface area contributed by atoms with Crippen LogP contribution in [-0.2, 0) is 19.7 Å². The molecule has 2 atom stereocenters. The normalized spacial score (nSPS) is 23.1. The van der Waals surface area contributed by atoms with Crippen LogP contribution < -0.4 is 0 Å². The van der Waals surface area contributed by atoms with Crippen molar-refractivity contribution in [1.29, 1.82) is 0 Å². The molecule has 0 heterocycles. The van der Waals surface area contributed by atoms with E-state index < -0.39 is 5.60 Å². The van der Waals surface area contributed by atoms with Gasteiger partial charge in [-0.1, -0.05) is 57.2 Å². The van der Waals surface area contributed by atoms with Crippen molar-refractivity contribution in [2.45, 2.75) is 76.2 Å². The van der Waals surface area contributed by atoms with Gasteiger partial charge in [0.05, 0.1) is 7.11 Å². The first-order chi connectivity index (χ1) is 12.7. The monoisotopic (exact) mass is 372 g/mol. The van der Waals surface area contributed by atoms with Crippen molar-refractivity contribution < 1.29 is 19.4 Å². The number of aliphatic hydroxyl groups is 1. The number of unbranched alkanes of at least 4 members (excludes halogenated alkanes) is 1.